The maximum atomic E-state index is 9.06. The molecule has 16 heavy (non-hydrogen) atoms. The first-order chi connectivity index (χ1) is 7.78. The van der Waals surface area contributed by atoms with Gasteiger partial charge in [-0.15, -0.1) is 0 Å². The first-order valence-corrected chi connectivity index (χ1v) is 5.88. The van der Waals surface area contributed by atoms with Gasteiger partial charge in [0.1, 0.15) is 0 Å². The zero-order chi connectivity index (χ0) is 11.4. The molecule has 1 N–H and O–H groups in total. The lowest BCUT2D eigenvalue weighted by molar-refractivity contribution is 0.126. The molecule has 0 saturated carbocycles. The summed E-state index contributed by atoms with van der Waals surface area (Å²) in [6, 6.07) is 0. The summed E-state index contributed by atoms with van der Waals surface area (Å²) in [5, 5.41) is 9.06. The minimum atomic E-state index is 0.332. The average molecular weight is 221 g/mol. The van der Waals surface area contributed by atoms with Crippen LogP contribution in [0, 0.1) is 12.8 Å². The number of hydrogen-bond donors (Lipinski definition) is 1. The lowest BCUT2D eigenvalue weighted by atomic mass is 9.98. The molecule has 1 saturated heterocycles. The fourth-order valence-corrected chi connectivity index (χ4v) is 2.06. The molecule has 2 rings (SSSR count). The standard InChI is InChI=1S/C12H19N3O/c1-10-6-14-12(7-13-10)8-15-4-2-11(9-16)3-5-15/h6-7,11,16H,2-5,8-9H2,1H3. The van der Waals surface area contributed by atoms with Crippen LogP contribution in [-0.2, 0) is 6.54 Å². The van der Waals surface area contributed by atoms with Crippen molar-refractivity contribution in [3.05, 3.63) is 23.8 Å². The summed E-state index contributed by atoms with van der Waals surface area (Å²) >= 11 is 0. The van der Waals surface area contributed by atoms with Crippen molar-refractivity contribution < 1.29 is 5.11 Å². The molecule has 1 aromatic heterocycles. The lowest BCUT2D eigenvalue weighted by Crippen LogP contribution is -2.34. The third-order valence-corrected chi connectivity index (χ3v) is 3.19. The van der Waals surface area contributed by atoms with Gasteiger partial charge in [-0.05, 0) is 38.8 Å². The number of rotatable bonds is 3. The minimum Gasteiger partial charge on any atom is -0.396 e. The average Bonchev–Trinajstić information content (AvgIpc) is 2.33. The summed E-state index contributed by atoms with van der Waals surface area (Å²) in [6.45, 7) is 5.27. The van der Waals surface area contributed by atoms with Crippen molar-refractivity contribution in [2.45, 2.75) is 26.3 Å². The van der Waals surface area contributed by atoms with E-state index in [1.54, 1.807) is 0 Å². The number of aromatic nitrogens is 2. The van der Waals surface area contributed by atoms with Gasteiger partial charge in [-0.1, -0.05) is 0 Å². The Morgan fingerprint density at radius 3 is 2.62 bits per heavy atom. The summed E-state index contributed by atoms with van der Waals surface area (Å²) in [7, 11) is 0. The van der Waals surface area contributed by atoms with Crippen LogP contribution in [0.4, 0.5) is 0 Å². The van der Waals surface area contributed by atoms with Gasteiger partial charge in [-0.25, -0.2) is 0 Å². The predicted molar refractivity (Wildman–Crippen MR) is 61.9 cm³/mol. The number of piperidine rings is 1. The molecule has 0 bridgehead atoms. The Morgan fingerprint density at radius 2 is 2.06 bits per heavy atom. The summed E-state index contributed by atoms with van der Waals surface area (Å²) < 4.78 is 0. The number of aliphatic hydroxyl groups excluding tert-OH is 1. The molecule has 0 atom stereocenters. The Labute approximate surface area is 96.3 Å². The summed E-state index contributed by atoms with van der Waals surface area (Å²) in [6.07, 6.45) is 5.86. The summed E-state index contributed by atoms with van der Waals surface area (Å²) in [5.41, 5.74) is 2.00. The van der Waals surface area contributed by atoms with Crippen LogP contribution in [0.25, 0.3) is 0 Å². The van der Waals surface area contributed by atoms with Crippen LogP contribution >= 0.6 is 0 Å². The Kier molecular flexibility index (Phi) is 3.85. The first-order valence-electron chi connectivity index (χ1n) is 5.88. The van der Waals surface area contributed by atoms with Crippen molar-refractivity contribution in [1.82, 2.24) is 14.9 Å². The highest BCUT2D eigenvalue weighted by Crippen LogP contribution is 2.17. The topological polar surface area (TPSA) is 49.2 Å². The van der Waals surface area contributed by atoms with Crippen molar-refractivity contribution in [1.29, 1.82) is 0 Å². The van der Waals surface area contributed by atoms with Gasteiger partial charge < -0.3 is 5.11 Å². The van der Waals surface area contributed by atoms with Crippen LogP contribution in [0.3, 0.4) is 0 Å². The summed E-state index contributed by atoms with van der Waals surface area (Å²) in [4.78, 5) is 11.0. The second kappa shape index (κ2) is 5.37. The van der Waals surface area contributed by atoms with E-state index >= 15 is 0 Å². The number of aliphatic hydroxyl groups is 1. The quantitative estimate of drug-likeness (QED) is 0.827. The van der Waals surface area contributed by atoms with Crippen LogP contribution in [0.15, 0.2) is 12.4 Å². The van der Waals surface area contributed by atoms with Crippen LogP contribution < -0.4 is 0 Å². The van der Waals surface area contributed by atoms with E-state index in [1.165, 1.54) is 0 Å². The SMILES string of the molecule is Cc1cnc(CN2CCC(CO)CC2)cn1. The van der Waals surface area contributed by atoms with Gasteiger partial charge in [-0.2, -0.15) is 0 Å². The second-order valence-electron chi connectivity index (χ2n) is 4.55. The molecule has 88 valence electrons. The predicted octanol–water partition coefficient (Wildman–Crippen LogP) is 0.989. The number of nitrogens with zero attached hydrogens (tertiary/aromatic N) is 3. The molecule has 0 amide bonds. The van der Waals surface area contributed by atoms with E-state index in [4.69, 9.17) is 5.11 Å². The highest BCUT2D eigenvalue weighted by Gasteiger charge is 2.18. The van der Waals surface area contributed by atoms with E-state index in [9.17, 15) is 0 Å². The molecule has 4 heteroatoms. The number of likely N-dealkylation sites (tertiary alicyclic amines) is 1. The van der Waals surface area contributed by atoms with Crippen LogP contribution in [-0.4, -0.2) is 39.7 Å². The minimum absolute atomic E-state index is 0.332. The van der Waals surface area contributed by atoms with E-state index in [0.717, 1.165) is 43.9 Å². The van der Waals surface area contributed by atoms with Gasteiger partial charge in [0, 0.05) is 25.5 Å². The highest BCUT2D eigenvalue weighted by atomic mass is 16.3. The van der Waals surface area contributed by atoms with Crippen molar-refractivity contribution in [2.75, 3.05) is 19.7 Å². The highest BCUT2D eigenvalue weighted by molar-refractivity contribution is 5.00. The van der Waals surface area contributed by atoms with E-state index in [-0.39, 0.29) is 0 Å². The Balaban J connectivity index is 1.84. The van der Waals surface area contributed by atoms with Gasteiger partial charge in [0.25, 0.3) is 0 Å². The van der Waals surface area contributed by atoms with Crippen molar-refractivity contribution in [3.63, 3.8) is 0 Å². The molecular formula is C12H19N3O. The molecule has 1 fully saturated rings. The van der Waals surface area contributed by atoms with Gasteiger partial charge >= 0.3 is 0 Å². The number of aryl methyl sites for hydroxylation is 1. The fraction of sp³-hybridized carbons (Fsp3) is 0.667. The Hall–Kier alpha value is -1.00. The van der Waals surface area contributed by atoms with E-state index < -0.39 is 0 Å². The zero-order valence-corrected chi connectivity index (χ0v) is 9.76. The van der Waals surface area contributed by atoms with Gasteiger partial charge in [-0.3, -0.25) is 14.9 Å². The fourth-order valence-electron chi connectivity index (χ4n) is 2.06. The largest absolute Gasteiger partial charge is 0.396 e. The molecular weight excluding hydrogens is 202 g/mol. The Bertz CT molecular complexity index is 318. The third kappa shape index (κ3) is 3.00. The van der Waals surface area contributed by atoms with E-state index in [2.05, 4.69) is 14.9 Å². The molecule has 2 heterocycles. The molecule has 4 nitrogen and oxygen atoms in total. The Morgan fingerprint density at radius 1 is 1.31 bits per heavy atom. The monoisotopic (exact) mass is 221 g/mol. The lowest BCUT2D eigenvalue weighted by Gasteiger charge is -2.30. The third-order valence-electron chi connectivity index (χ3n) is 3.19. The maximum absolute atomic E-state index is 9.06. The van der Waals surface area contributed by atoms with Crippen LogP contribution in [0.2, 0.25) is 0 Å². The molecule has 1 aromatic rings. The normalized spacial score (nSPS) is 18.9. The molecule has 0 aliphatic carbocycles. The molecule has 0 unspecified atom stereocenters. The van der Waals surface area contributed by atoms with Crippen molar-refractivity contribution >= 4 is 0 Å². The maximum Gasteiger partial charge on any atom is 0.0727 e. The number of hydrogen-bond acceptors (Lipinski definition) is 4. The first kappa shape index (κ1) is 11.5. The molecule has 0 radical (unpaired) electrons. The smallest absolute Gasteiger partial charge is 0.0727 e. The van der Waals surface area contributed by atoms with Gasteiger partial charge in [0.15, 0.2) is 0 Å². The zero-order valence-electron chi connectivity index (χ0n) is 9.76. The second-order valence-corrected chi connectivity index (χ2v) is 4.55. The molecule has 1 aliphatic rings. The molecule has 1 aliphatic heterocycles. The molecule has 0 spiro atoms. The van der Waals surface area contributed by atoms with Crippen LogP contribution in [0.1, 0.15) is 24.2 Å². The van der Waals surface area contributed by atoms with Crippen molar-refractivity contribution in [3.8, 4) is 0 Å². The molecule has 0 aromatic carbocycles. The van der Waals surface area contributed by atoms with Crippen LogP contribution in [0.5, 0.6) is 0 Å². The van der Waals surface area contributed by atoms with E-state index in [0.29, 0.717) is 12.5 Å². The van der Waals surface area contributed by atoms with Gasteiger partial charge in [0.2, 0.25) is 0 Å². The summed E-state index contributed by atoms with van der Waals surface area (Å²) in [5.74, 6) is 0.500. The van der Waals surface area contributed by atoms with Gasteiger partial charge in [0.05, 0.1) is 11.4 Å². The van der Waals surface area contributed by atoms with E-state index in [1.807, 2.05) is 19.3 Å². The van der Waals surface area contributed by atoms with Crippen molar-refractivity contribution in [2.24, 2.45) is 5.92 Å².